The minimum absolute atomic E-state index is 0.0264. The lowest BCUT2D eigenvalue weighted by molar-refractivity contribution is -0.136. The Labute approximate surface area is 257 Å². The molecule has 1 unspecified atom stereocenters. The maximum absolute atomic E-state index is 13.9. The molecule has 206 valence electrons. The fourth-order valence-corrected chi connectivity index (χ4v) is 5.00. The van der Waals surface area contributed by atoms with Crippen molar-refractivity contribution >= 4 is 87.8 Å². The number of carbonyl (C=O) groups excluding carboxylic acids is 3. The summed E-state index contributed by atoms with van der Waals surface area (Å²) in [5, 5.41) is 4.17. The predicted octanol–water partition coefficient (Wildman–Crippen LogP) is 7.14. The molecule has 0 aliphatic carbocycles. The third-order valence-electron chi connectivity index (χ3n) is 6.22. The van der Waals surface area contributed by atoms with Crippen LogP contribution in [0.2, 0.25) is 20.1 Å². The molecule has 1 heterocycles. The first-order chi connectivity index (χ1) is 19.1. The number of alkyl halides is 1. The molecule has 1 aliphatic heterocycles. The Morgan fingerprint density at radius 3 is 1.80 bits per heavy atom. The van der Waals surface area contributed by atoms with Crippen LogP contribution in [0.15, 0.2) is 77.9 Å². The molecule has 0 bridgehead atoms. The van der Waals surface area contributed by atoms with E-state index in [2.05, 4.69) is 5.32 Å². The van der Waals surface area contributed by atoms with E-state index in [1.807, 2.05) is 30.3 Å². The number of benzene rings is 3. The topological polar surface area (TPSA) is 66.5 Å². The predicted molar refractivity (Wildman–Crippen MR) is 163 cm³/mol. The standard InChI is InChI=1S/C30H23Cl5N2O3/c31-15-28(38)36-27(14-18-4-2-1-3-5-18)30(40)37-16-21(10-19-6-8-23(32)25(34)12-19)29(39)22(17-37)11-20-7-9-24(33)26(35)13-20/h1-13,27H,14-17H2,(H,36,38). The second kappa shape index (κ2) is 13.7. The molecule has 0 aromatic heterocycles. The summed E-state index contributed by atoms with van der Waals surface area (Å²) in [6, 6.07) is 18.5. The van der Waals surface area contributed by atoms with Gasteiger partial charge < -0.3 is 10.2 Å². The van der Waals surface area contributed by atoms with Crippen LogP contribution in [0.5, 0.6) is 0 Å². The van der Waals surface area contributed by atoms with Crippen LogP contribution in [0.1, 0.15) is 16.7 Å². The van der Waals surface area contributed by atoms with Gasteiger partial charge in [0.05, 0.1) is 20.1 Å². The number of Topliss-reactive ketones (excluding diaryl/α,β-unsaturated/α-hetero) is 1. The maximum atomic E-state index is 13.9. The summed E-state index contributed by atoms with van der Waals surface area (Å²) < 4.78 is 0. The van der Waals surface area contributed by atoms with Gasteiger partial charge in [0.25, 0.3) is 0 Å². The van der Waals surface area contributed by atoms with Crippen LogP contribution >= 0.6 is 58.0 Å². The van der Waals surface area contributed by atoms with E-state index in [9.17, 15) is 14.4 Å². The first kappa shape index (κ1) is 30.2. The van der Waals surface area contributed by atoms with Crippen LogP contribution in [0, 0.1) is 0 Å². The molecule has 10 heteroatoms. The summed E-state index contributed by atoms with van der Waals surface area (Å²) in [6.07, 6.45) is 3.61. The Morgan fingerprint density at radius 1 is 0.800 bits per heavy atom. The van der Waals surface area contributed by atoms with E-state index < -0.39 is 11.9 Å². The van der Waals surface area contributed by atoms with Gasteiger partial charge in [0.1, 0.15) is 11.9 Å². The zero-order chi connectivity index (χ0) is 28.8. The number of halogens is 5. The smallest absolute Gasteiger partial charge is 0.246 e. The summed E-state index contributed by atoms with van der Waals surface area (Å²) in [5.74, 6) is -1.34. The first-order valence-corrected chi connectivity index (χ1v) is 14.2. The fourth-order valence-electron chi connectivity index (χ4n) is 4.31. The Balaban J connectivity index is 1.73. The van der Waals surface area contributed by atoms with E-state index in [1.165, 1.54) is 4.90 Å². The van der Waals surface area contributed by atoms with E-state index in [0.717, 1.165) is 5.56 Å². The van der Waals surface area contributed by atoms with Gasteiger partial charge in [-0.05, 0) is 53.1 Å². The Kier molecular flexibility index (Phi) is 10.3. The van der Waals surface area contributed by atoms with Crippen molar-refractivity contribution in [2.75, 3.05) is 19.0 Å². The van der Waals surface area contributed by atoms with Gasteiger partial charge >= 0.3 is 0 Å². The summed E-state index contributed by atoms with van der Waals surface area (Å²) in [7, 11) is 0. The van der Waals surface area contributed by atoms with E-state index in [0.29, 0.717) is 42.4 Å². The zero-order valence-electron chi connectivity index (χ0n) is 21.0. The van der Waals surface area contributed by atoms with Crippen LogP contribution < -0.4 is 5.32 Å². The highest BCUT2D eigenvalue weighted by Gasteiger charge is 2.33. The van der Waals surface area contributed by atoms with Gasteiger partial charge in [-0.25, -0.2) is 0 Å². The van der Waals surface area contributed by atoms with Gasteiger partial charge in [0.15, 0.2) is 5.78 Å². The minimum atomic E-state index is -0.890. The van der Waals surface area contributed by atoms with Gasteiger partial charge in [-0.2, -0.15) is 0 Å². The fraction of sp³-hybridized carbons (Fsp3) is 0.167. The van der Waals surface area contributed by atoms with E-state index in [1.54, 1.807) is 48.6 Å². The lowest BCUT2D eigenvalue weighted by Crippen LogP contribution is -2.53. The quantitative estimate of drug-likeness (QED) is 0.221. The summed E-state index contributed by atoms with van der Waals surface area (Å²) in [5.41, 5.74) is 2.90. The molecule has 0 saturated carbocycles. The molecule has 1 N–H and O–H groups in total. The van der Waals surface area contributed by atoms with E-state index in [-0.39, 0.29) is 37.1 Å². The molecule has 3 aromatic rings. The van der Waals surface area contributed by atoms with Gasteiger partial charge in [-0.3, -0.25) is 14.4 Å². The molecule has 4 rings (SSSR count). The number of nitrogens with one attached hydrogen (secondary N) is 1. The van der Waals surface area contributed by atoms with Crippen LogP contribution in [0.25, 0.3) is 12.2 Å². The Hall–Kier alpha value is -2.80. The molecule has 1 fully saturated rings. The number of amides is 2. The molecule has 2 amide bonds. The van der Waals surface area contributed by atoms with Crippen molar-refractivity contribution in [2.45, 2.75) is 12.5 Å². The molecule has 0 radical (unpaired) electrons. The molecule has 1 saturated heterocycles. The number of rotatable bonds is 7. The van der Waals surface area contributed by atoms with E-state index in [4.69, 9.17) is 58.0 Å². The minimum Gasteiger partial charge on any atom is -0.343 e. The van der Waals surface area contributed by atoms with Gasteiger partial charge in [-0.1, -0.05) is 88.9 Å². The van der Waals surface area contributed by atoms with Crippen LogP contribution in [-0.2, 0) is 20.8 Å². The van der Waals surface area contributed by atoms with Crippen molar-refractivity contribution in [3.63, 3.8) is 0 Å². The number of piperidine rings is 1. The van der Waals surface area contributed by atoms with Crippen molar-refractivity contribution < 1.29 is 14.4 Å². The molecular formula is C30H23Cl5N2O3. The monoisotopic (exact) mass is 634 g/mol. The average molecular weight is 637 g/mol. The number of ketones is 1. The molecule has 1 aliphatic rings. The average Bonchev–Trinajstić information content (AvgIpc) is 2.94. The Bertz CT molecular complexity index is 1430. The van der Waals surface area contributed by atoms with E-state index >= 15 is 0 Å². The number of likely N-dealkylation sites (tertiary alicyclic amines) is 1. The third kappa shape index (κ3) is 7.68. The molecule has 5 nitrogen and oxygen atoms in total. The highest BCUT2D eigenvalue weighted by Crippen LogP contribution is 2.28. The first-order valence-electron chi connectivity index (χ1n) is 12.2. The summed E-state index contributed by atoms with van der Waals surface area (Å²) >= 11 is 30.3. The van der Waals surface area contributed by atoms with Crippen molar-refractivity contribution in [3.05, 3.63) is 115 Å². The normalized spacial score (nSPS) is 16.3. The summed E-state index contributed by atoms with van der Waals surface area (Å²) in [4.78, 5) is 41.3. The van der Waals surface area contributed by atoms with Crippen LogP contribution in [0.3, 0.4) is 0 Å². The van der Waals surface area contributed by atoms with Crippen molar-refractivity contribution in [2.24, 2.45) is 0 Å². The Morgan fingerprint density at radius 2 is 1.32 bits per heavy atom. The number of hydrogen-bond donors (Lipinski definition) is 1. The highest BCUT2D eigenvalue weighted by atomic mass is 35.5. The van der Waals surface area contributed by atoms with Crippen LogP contribution in [0.4, 0.5) is 0 Å². The second-order valence-corrected chi connectivity index (χ2v) is 11.0. The lowest BCUT2D eigenvalue weighted by atomic mass is 9.93. The number of carbonyl (C=O) groups is 3. The lowest BCUT2D eigenvalue weighted by Gasteiger charge is -2.33. The third-order valence-corrected chi connectivity index (χ3v) is 7.94. The largest absolute Gasteiger partial charge is 0.343 e. The molecule has 40 heavy (non-hydrogen) atoms. The van der Waals surface area contributed by atoms with Gasteiger partial charge in [0, 0.05) is 30.7 Å². The van der Waals surface area contributed by atoms with Crippen molar-refractivity contribution in [1.82, 2.24) is 10.2 Å². The van der Waals surface area contributed by atoms with Crippen molar-refractivity contribution in [1.29, 1.82) is 0 Å². The van der Waals surface area contributed by atoms with Crippen LogP contribution in [-0.4, -0.2) is 47.5 Å². The molecule has 1 atom stereocenters. The van der Waals surface area contributed by atoms with Crippen molar-refractivity contribution in [3.8, 4) is 0 Å². The van der Waals surface area contributed by atoms with Gasteiger partial charge in [0.2, 0.25) is 11.8 Å². The number of nitrogens with zero attached hydrogens (tertiary/aromatic N) is 1. The second-order valence-electron chi connectivity index (χ2n) is 9.15. The summed E-state index contributed by atoms with van der Waals surface area (Å²) in [6.45, 7) is 0.0529. The highest BCUT2D eigenvalue weighted by molar-refractivity contribution is 6.42. The zero-order valence-corrected chi connectivity index (χ0v) is 24.8. The maximum Gasteiger partial charge on any atom is 0.246 e. The number of hydrogen-bond acceptors (Lipinski definition) is 3. The SMILES string of the molecule is O=C(CCl)NC(Cc1ccccc1)C(=O)N1CC(=Cc2ccc(Cl)c(Cl)c2)C(=O)C(=Cc2ccc(Cl)c(Cl)c2)C1. The van der Waals surface area contributed by atoms with Gasteiger partial charge in [-0.15, -0.1) is 11.6 Å². The molecule has 3 aromatic carbocycles. The molecule has 0 spiro atoms. The molecular weight excluding hydrogens is 614 g/mol.